The first-order valence-corrected chi connectivity index (χ1v) is 5.69. The van der Waals surface area contributed by atoms with E-state index in [4.69, 9.17) is 9.84 Å². The fourth-order valence-electron chi connectivity index (χ4n) is 2.26. The maximum atomic E-state index is 11.6. The average molecular weight is 251 g/mol. The molecular formula is C11H13N3O4. The van der Waals surface area contributed by atoms with Crippen LogP contribution in [0.4, 0.5) is 0 Å². The lowest BCUT2D eigenvalue weighted by Crippen LogP contribution is -2.24. The van der Waals surface area contributed by atoms with Gasteiger partial charge in [0, 0.05) is 12.6 Å². The van der Waals surface area contributed by atoms with E-state index < -0.39 is 18.4 Å². The molecule has 0 aromatic carbocycles. The number of nitrogens with one attached hydrogen (secondary N) is 1. The summed E-state index contributed by atoms with van der Waals surface area (Å²) in [7, 11) is 0. The van der Waals surface area contributed by atoms with Crippen LogP contribution in [0.1, 0.15) is 12.6 Å². The molecule has 3 heterocycles. The van der Waals surface area contributed by atoms with Crippen LogP contribution in [0.2, 0.25) is 0 Å². The van der Waals surface area contributed by atoms with Crippen LogP contribution in [0.5, 0.6) is 0 Å². The maximum Gasteiger partial charge on any atom is 0.260 e. The predicted molar refractivity (Wildman–Crippen MR) is 62.0 cm³/mol. The van der Waals surface area contributed by atoms with Gasteiger partial charge >= 0.3 is 0 Å². The molecule has 7 heteroatoms. The number of hydrogen-bond donors (Lipinski definition) is 3. The Morgan fingerprint density at radius 2 is 2.44 bits per heavy atom. The van der Waals surface area contributed by atoms with Crippen molar-refractivity contribution in [3.8, 4) is 0 Å². The molecule has 3 N–H and O–H groups in total. The molecule has 0 radical (unpaired) electrons. The van der Waals surface area contributed by atoms with E-state index >= 15 is 0 Å². The van der Waals surface area contributed by atoms with Crippen molar-refractivity contribution in [1.82, 2.24) is 14.5 Å². The zero-order chi connectivity index (χ0) is 12.7. The lowest BCUT2D eigenvalue weighted by Gasteiger charge is -2.14. The Hall–Kier alpha value is -1.70. The number of aromatic amines is 1. The van der Waals surface area contributed by atoms with Crippen molar-refractivity contribution in [2.75, 3.05) is 6.61 Å². The van der Waals surface area contributed by atoms with E-state index in [0.29, 0.717) is 17.5 Å². The second-order valence-corrected chi connectivity index (χ2v) is 4.31. The number of aliphatic hydroxyl groups excluding tert-OH is 2. The summed E-state index contributed by atoms with van der Waals surface area (Å²) in [5, 5.41) is 19.2. The average Bonchev–Trinajstić information content (AvgIpc) is 2.93. The highest BCUT2D eigenvalue weighted by atomic mass is 16.5. The van der Waals surface area contributed by atoms with E-state index in [1.54, 1.807) is 16.8 Å². The van der Waals surface area contributed by atoms with Gasteiger partial charge in [0.05, 0.1) is 24.4 Å². The molecule has 18 heavy (non-hydrogen) atoms. The van der Waals surface area contributed by atoms with Crippen LogP contribution in [0.15, 0.2) is 23.4 Å². The van der Waals surface area contributed by atoms with Crippen molar-refractivity contribution in [3.63, 3.8) is 0 Å². The summed E-state index contributed by atoms with van der Waals surface area (Å²) >= 11 is 0. The first kappa shape index (κ1) is 11.4. The third kappa shape index (κ3) is 1.64. The van der Waals surface area contributed by atoms with Crippen LogP contribution in [-0.2, 0) is 4.74 Å². The van der Waals surface area contributed by atoms with Gasteiger partial charge in [-0.05, 0) is 6.07 Å². The second-order valence-electron chi connectivity index (χ2n) is 4.31. The number of ether oxygens (including phenoxy) is 1. The molecule has 1 aliphatic rings. The Labute approximate surface area is 102 Å². The first-order valence-electron chi connectivity index (χ1n) is 5.69. The summed E-state index contributed by atoms with van der Waals surface area (Å²) in [6, 6.07) is 1.66. The van der Waals surface area contributed by atoms with E-state index in [9.17, 15) is 9.90 Å². The van der Waals surface area contributed by atoms with Gasteiger partial charge < -0.3 is 24.5 Å². The molecule has 0 saturated carbocycles. The molecule has 2 aromatic rings. The Morgan fingerprint density at radius 3 is 3.17 bits per heavy atom. The SMILES string of the molecule is O=c1[nH]cnc2c1ccn2[C@@H]1C[C@@H](O)[C@H](CO)O1. The Kier molecular flexibility index (Phi) is 2.66. The van der Waals surface area contributed by atoms with Crippen LogP contribution in [0.3, 0.4) is 0 Å². The van der Waals surface area contributed by atoms with Crippen molar-refractivity contribution in [2.24, 2.45) is 0 Å². The van der Waals surface area contributed by atoms with Crippen LogP contribution >= 0.6 is 0 Å². The minimum Gasteiger partial charge on any atom is -0.394 e. The summed E-state index contributed by atoms with van der Waals surface area (Å²) in [4.78, 5) is 18.2. The third-order valence-electron chi connectivity index (χ3n) is 3.21. The molecule has 0 spiro atoms. The fraction of sp³-hybridized carbons (Fsp3) is 0.455. The largest absolute Gasteiger partial charge is 0.394 e. The monoisotopic (exact) mass is 251 g/mol. The van der Waals surface area contributed by atoms with E-state index in [-0.39, 0.29) is 12.2 Å². The van der Waals surface area contributed by atoms with Crippen LogP contribution in [0, 0.1) is 0 Å². The number of aliphatic hydroxyl groups is 2. The van der Waals surface area contributed by atoms with Crippen molar-refractivity contribution in [1.29, 1.82) is 0 Å². The fourth-order valence-corrected chi connectivity index (χ4v) is 2.26. The number of rotatable bonds is 2. The minimum atomic E-state index is -0.709. The molecule has 1 fully saturated rings. The molecule has 0 unspecified atom stereocenters. The van der Waals surface area contributed by atoms with Gasteiger partial charge in [0.2, 0.25) is 0 Å². The molecule has 3 atom stereocenters. The summed E-state index contributed by atoms with van der Waals surface area (Å²) in [6.45, 7) is -0.231. The zero-order valence-electron chi connectivity index (χ0n) is 9.48. The number of nitrogens with zero attached hydrogens (tertiary/aromatic N) is 2. The summed E-state index contributed by atoms with van der Waals surface area (Å²) in [5.74, 6) is 0. The van der Waals surface area contributed by atoms with Gasteiger partial charge in [-0.2, -0.15) is 0 Å². The number of aromatic nitrogens is 3. The first-order chi connectivity index (χ1) is 8.70. The number of fused-ring (bicyclic) bond motifs is 1. The highest BCUT2D eigenvalue weighted by molar-refractivity contribution is 5.74. The molecule has 1 saturated heterocycles. The van der Waals surface area contributed by atoms with Gasteiger partial charge in [-0.25, -0.2) is 4.98 Å². The van der Waals surface area contributed by atoms with Gasteiger partial charge in [0.15, 0.2) is 0 Å². The van der Waals surface area contributed by atoms with Crippen molar-refractivity contribution in [2.45, 2.75) is 24.9 Å². The van der Waals surface area contributed by atoms with E-state index in [0.717, 1.165) is 0 Å². The van der Waals surface area contributed by atoms with Gasteiger partial charge in [-0.1, -0.05) is 0 Å². The van der Waals surface area contributed by atoms with Crippen molar-refractivity contribution >= 4 is 11.0 Å². The van der Waals surface area contributed by atoms with Crippen LogP contribution in [0.25, 0.3) is 11.0 Å². The van der Waals surface area contributed by atoms with Crippen molar-refractivity contribution < 1.29 is 14.9 Å². The molecular weight excluding hydrogens is 238 g/mol. The maximum absolute atomic E-state index is 11.6. The Morgan fingerprint density at radius 1 is 1.61 bits per heavy atom. The molecule has 0 bridgehead atoms. The highest BCUT2D eigenvalue weighted by Gasteiger charge is 2.34. The number of hydrogen-bond acceptors (Lipinski definition) is 5. The minimum absolute atomic E-state index is 0.212. The van der Waals surface area contributed by atoms with Gasteiger partial charge in [0.25, 0.3) is 5.56 Å². The van der Waals surface area contributed by atoms with E-state index in [1.165, 1.54) is 6.33 Å². The predicted octanol–water partition coefficient (Wildman–Crippen LogP) is -0.635. The lowest BCUT2D eigenvalue weighted by molar-refractivity contribution is -0.0430. The molecule has 1 aliphatic heterocycles. The van der Waals surface area contributed by atoms with E-state index in [2.05, 4.69) is 9.97 Å². The molecule has 2 aromatic heterocycles. The summed E-state index contributed by atoms with van der Waals surface area (Å²) in [6.07, 6.45) is 1.68. The standard InChI is InChI=1S/C11H13N3O4/c15-4-8-7(16)3-9(18-8)14-2-1-6-10(14)12-5-13-11(6)17/h1-2,5,7-9,15-16H,3-4H2,(H,12,13,17)/t7-,8+,9+/m1/s1. The van der Waals surface area contributed by atoms with Crippen LogP contribution < -0.4 is 5.56 Å². The van der Waals surface area contributed by atoms with Crippen LogP contribution in [-0.4, -0.2) is 43.6 Å². The Bertz CT molecular complexity index is 620. The summed E-state index contributed by atoms with van der Waals surface area (Å²) < 4.78 is 7.22. The van der Waals surface area contributed by atoms with Gasteiger partial charge in [-0.3, -0.25) is 4.79 Å². The molecule has 96 valence electrons. The van der Waals surface area contributed by atoms with Gasteiger partial charge in [-0.15, -0.1) is 0 Å². The second kappa shape index (κ2) is 4.20. The summed E-state index contributed by atoms with van der Waals surface area (Å²) in [5.41, 5.74) is 0.297. The molecule has 3 rings (SSSR count). The smallest absolute Gasteiger partial charge is 0.260 e. The van der Waals surface area contributed by atoms with E-state index in [1.807, 2.05) is 0 Å². The lowest BCUT2D eigenvalue weighted by atomic mass is 10.2. The van der Waals surface area contributed by atoms with Crippen molar-refractivity contribution in [3.05, 3.63) is 28.9 Å². The van der Waals surface area contributed by atoms with Gasteiger partial charge in [0.1, 0.15) is 18.0 Å². The topological polar surface area (TPSA) is 100 Å². The Balaban J connectivity index is 2.01. The zero-order valence-corrected chi connectivity index (χ0v) is 9.48. The molecule has 0 amide bonds. The number of H-pyrrole nitrogens is 1. The quantitative estimate of drug-likeness (QED) is 0.659. The molecule has 0 aliphatic carbocycles. The highest BCUT2D eigenvalue weighted by Crippen LogP contribution is 2.30. The molecule has 7 nitrogen and oxygen atoms in total. The normalized spacial score (nSPS) is 28.0. The third-order valence-corrected chi connectivity index (χ3v) is 3.21.